The average molecular weight is 639 g/mol. The molecule has 2 aliphatic rings. The van der Waals surface area contributed by atoms with Gasteiger partial charge in [0.2, 0.25) is 0 Å². The van der Waals surface area contributed by atoms with Crippen LogP contribution in [-0.4, -0.2) is 9.97 Å². The van der Waals surface area contributed by atoms with Crippen LogP contribution in [0.2, 0.25) is 0 Å². The van der Waals surface area contributed by atoms with Crippen LogP contribution in [0.4, 0.5) is 0 Å². The second-order valence-corrected chi connectivity index (χ2v) is 12.9. The minimum absolute atomic E-state index is 0.537. The molecular weight excluding hydrogens is 609 g/mol. The number of benzene rings is 7. The van der Waals surface area contributed by atoms with Crippen LogP contribution in [-0.2, 0) is 5.41 Å². The Labute approximate surface area is 291 Å². The van der Waals surface area contributed by atoms with E-state index in [0.717, 1.165) is 61.8 Å². The molecule has 0 bridgehead atoms. The van der Waals surface area contributed by atoms with E-state index < -0.39 is 5.41 Å². The van der Waals surface area contributed by atoms with Gasteiger partial charge in [0, 0.05) is 27.8 Å². The van der Waals surface area contributed by atoms with Crippen molar-refractivity contribution in [3.8, 4) is 67.7 Å². The first-order valence-corrected chi connectivity index (χ1v) is 17.0. The predicted octanol–water partition coefficient (Wildman–Crippen LogP) is 11.6. The number of ether oxygens (including phenoxy) is 1. The zero-order valence-electron chi connectivity index (χ0n) is 27.1. The van der Waals surface area contributed by atoms with E-state index >= 15 is 0 Å². The molecule has 3 nitrogen and oxygen atoms in total. The lowest BCUT2D eigenvalue weighted by Crippen LogP contribution is -2.32. The van der Waals surface area contributed by atoms with E-state index in [0.29, 0.717) is 5.82 Å². The van der Waals surface area contributed by atoms with E-state index in [1.54, 1.807) is 0 Å². The number of para-hydroxylation sites is 1. The quantitative estimate of drug-likeness (QED) is 0.192. The number of nitrogens with zero attached hydrogens (tertiary/aromatic N) is 2. The van der Waals surface area contributed by atoms with Crippen molar-refractivity contribution >= 4 is 0 Å². The summed E-state index contributed by atoms with van der Waals surface area (Å²) in [5, 5.41) is 0. The van der Waals surface area contributed by atoms with Gasteiger partial charge in [-0.15, -0.1) is 0 Å². The molecule has 0 saturated carbocycles. The lowest BCUT2D eigenvalue weighted by molar-refractivity contribution is 0.437. The average Bonchev–Trinajstić information content (AvgIpc) is 3.49. The first-order chi connectivity index (χ1) is 24.8. The topological polar surface area (TPSA) is 35.0 Å². The second kappa shape index (κ2) is 11.3. The third-order valence-corrected chi connectivity index (χ3v) is 10.2. The normalized spacial score (nSPS) is 13.1. The van der Waals surface area contributed by atoms with Gasteiger partial charge in [-0.05, 0) is 51.6 Å². The smallest absolute Gasteiger partial charge is 0.160 e. The van der Waals surface area contributed by atoms with Gasteiger partial charge < -0.3 is 4.74 Å². The standard InChI is InChI=1S/C47H30N2O/c1-3-14-32(15-4-1)41-30-42(33-16-5-2-6-17-33)49-46(48-41)34-28-26-31(27-29-34)35-20-13-25-44-45(35)47(40-23-11-12-24-43(40)50-44)38-21-9-7-18-36(38)37-19-8-10-22-39(37)47/h1-30H. The molecular formula is C47H30N2O. The van der Waals surface area contributed by atoms with Crippen LogP contribution >= 0.6 is 0 Å². The maximum absolute atomic E-state index is 6.74. The Morgan fingerprint density at radius 3 is 1.46 bits per heavy atom. The number of hydrogen-bond donors (Lipinski definition) is 0. The van der Waals surface area contributed by atoms with Gasteiger partial charge in [-0.25, -0.2) is 9.97 Å². The molecule has 0 atom stereocenters. The van der Waals surface area contributed by atoms with Crippen molar-refractivity contribution in [3.05, 3.63) is 204 Å². The minimum Gasteiger partial charge on any atom is -0.457 e. The van der Waals surface area contributed by atoms with E-state index in [9.17, 15) is 0 Å². The Balaban J connectivity index is 1.16. The van der Waals surface area contributed by atoms with Crippen LogP contribution in [0.15, 0.2) is 182 Å². The van der Waals surface area contributed by atoms with E-state index in [1.165, 1.54) is 22.3 Å². The van der Waals surface area contributed by atoms with Crippen molar-refractivity contribution < 1.29 is 4.74 Å². The fourth-order valence-corrected chi connectivity index (χ4v) is 8.05. The molecule has 0 radical (unpaired) electrons. The fourth-order valence-electron chi connectivity index (χ4n) is 8.05. The van der Waals surface area contributed by atoms with Crippen molar-refractivity contribution in [3.63, 3.8) is 0 Å². The van der Waals surface area contributed by atoms with Crippen molar-refractivity contribution in [1.29, 1.82) is 0 Å². The zero-order valence-corrected chi connectivity index (χ0v) is 27.1. The molecule has 0 saturated heterocycles. The van der Waals surface area contributed by atoms with Crippen LogP contribution in [0.1, 0.15) is 22.3 Å². The van der Waals surface area contributed by atoms with Gasteiger partial charge in [0.05, 0.1) is 16.8 Å². The molecule has 0 fully saturated rings. The van der Waals surface area contributed by atoms with Crippen molar-refractivity contribution in [2.45, 2.75) is 5.41 Å². The van der Waals surface area contributed by atoms with Crippen LogP contribution in [0, 0.1) is 0 Å². The summed E-state index contributed by atoms with van der Waals surface area (Å²) in [6, 6.07) is 64.1. The van der Waals surface area contributed by atoms with E-state index in [2.05, 4.69) is 146 Å². The summed E-state index contributed by atoms with van der Waals surface area (Å²) in [6.45, 7) is 0. The molecule has 1 aliphatic heterocycles. The molecule has 234 valence electrons. The summed E-state index contributed by atoms with van der Waals surface area (Å²) in [7, 11) is 0. The Bertz CT molecular complexity index is 2450. The minimum atomic E-state index is -0.537. The molecule has 50 heavy (non-hydrogen) atoms. The third kappa shape index (κ3) is 4.23. The molecule has 1 spiro atoms. The molecule has 0 amide bonds. The molecule has 0 unspecified atom stereocenters. The lowest BCUT2D eigenvalue weighted by atomic mass is 9.64. The molecule has 8 aromatic rings. The Hall–Kier alpha value is -6.58. The highest BCUT2D eigenvalue weighted by Gasteiger charge is 2.52. The van der Waals surface area contributed by atoms with Gasteiger partial charge in [-0.2, -0.15) is 0 Å². The summed E-state index contributed by atoms with van der Waals surface area (Å²) < 4.78 is 6.74. The highest BCUT2D eigenvalue weighted by atomic mass is 16.5. The van der Waals surface area contributed by atoms with Gasteiger partial charge in [0.1, 0.15) is 11.5 Å². The summed E-state index contributed by atoms with van der Waals surface area (Å²) in [5.74, 6) is 2.46. The molecule has 7 aromatic carbocycles. The van der Waals surface area contributed by atoms with Crippen LogP contribution in [0.25, 0.3) is 56.2 Å². The second-order valence-electron chi connectivity index (χ2n) is 12.9. The Morgan fingerprint density at radius 1 is 0.360 bits per heavy atom. The zero-order chi connectivity index (χ0) is 33.1. The molecule has 10 rings (SSSR count). The summed E-state index contributed by atoms with van der Waals surface area (Å²) in [6.07, 6.45) is 0. The lowest BCUT2D eigenvalue weighted by Gasteiger charge is -2.40. The van der Waals surface area contributed by atoms with Crippen LogP contribution < -0.4 is 4.74 Å². The molecule has 0 N–H and O–H groups in total. The third-order valence-electron chi connectivity index (χ3n) is 10.2. The first-order valence-electron chi connectivity index (χ1n) is 17.0. The molecule has 3 heteroatoms. The molecule has 1 aliphatic carbocycles. The Morgan fingerprint density at radius 2 is 0.840 bits per heavy atom. The number of rotatable bonds is 4. The van der Waals surface area contributed by atoms with E-state index in [-0.39, 0.29) is 0 Å². The predicted molar refractivity (Wildman–Crippen MR) is 201 cm³/mol. The van der Waals surface area contributed by atoms with Gasteiger partial charge in [-0.3, -0.25) is 0 Å². The number of fused-ring (bicyclic) bond motifs is 9. The molecule has 1 aromatic heterocycles. The number of hydrogen-bond acceptors (Lipinski definition) is 3. The highest BCUT2D eigenvalue weighted by Crippen LogP contribution is 2.63. The van der Waals surface area contributed by atoms with Gasteiger partial charge >= 0.3 is 0 Å². The van der Waals surface area contributed by atoms with Crippen molar-refractivity contribution in [2.24, 2.45) is 0 Å². The van der Waals surface area contributed by atoms with Gasteiger partial charge in [-0.1, -0.05) is 164 Å². The monoisotopic (exact) mass is 638 g/mol. The maximum Gasteiger partial charge on any atom is 0.160 e. The van der Waals surface area contributed by atoms with Gasteiger partial charge in [0.15, 0.2) is 5.82 Å². The molecule has 2 heterocycles. The van der Waals surface area contributed by atoms with E-state index in [1.807, 2.05) is 36.4 Å². The van der Waals surface area contributed by atoms with Crippen LogP contribution in [0.5, 0.6) is 11.5 Å². The summed E-state index contributed by atoms with van der Waals surface area (Å²) in [4.78, 5) is 10.1. The first kappa shape index (κ1) is 28.4. The van der Waals surface area contributed by atoms with Crippen molar-refractivity contribution in [2.75, 3.05) is 0 Å². The summed E-state index contributed by atoms with van der Waals surface area (Å²) in [5.41, 5.74) is 14.0. The van der Waals surface area contributed by atoms with E-state index in [4.69, 9.17) is 14.7 Å². The largest absolute Gasteiger partial charge is 0.457 e. The fraction of sp³-hybridized carbons (Fsp3) is 0.0213. The highest BCUT2D eigenvalue weighted by molar-refractivity contribution is 5.91. The SMILES string of the molecule is c1ccc(-c2cc(-c3ccccc3)nc(-c3ccc(-c4cccc5c4C4(c6ccccc6O5)c5ccccc5-c5ccccc54)cc3)n2)cc1. The Kier molecular flexibility index (Phi) is 6.40. The van der Waals surface area contributed by atoms with Crippen molar-refractivity contribution in [1.82, 2.24) is 9.97 Å². The maximum atomic E-state index is 6.74. The number of aromatic nitrogens is 2. The van der Waals surface area contributed by atoms with Gasteiger partial charge in [0.25, 0.3) is 0 Å². The van der Waals surface area contributed by atoms with Crippen LogP contribution in [0.3, 0.4) is 0 Å². The summed E-state index contributed by atoms with van der Waals surface area (Å²) >= 11 is 0.